The summed E-state index contributed by atoms with van der Waals surface area (Å²) < 4.78 is 0. The lowest BCUT2D eigenvalue weighted by Crippen LogP contribution is -2.43. The molecule has 0 atom stereocenters. The van der Waals surface area contributed by atoms with Crippen LogP contribution in [0.2, 0.25) is 0 Å². The molecule has 7 nitrogen and oxygen atoms in total. The van der Waals surface area contributed by atoms with Crippen LogP contribution in [0.5, 0.6) is 0 Å². The zero-order chi connectivity index (χ0) is 12.8. The molecular weight excluding hydrogens is 264 g/mol. The number of anilines is 2. The molecule has 0 saturated carbocycles. The van der Waals surface area contributed by atoms with Gasteiger partial charge in [-0.15, -0.1) is 16.4 Å². The molecule has 8 heteroatoms. The van der Waals surface area contributed by atoms with Gasteiger partial charge in [0.25, 0.3) is 11.9 Å². The molecule has 0 spiro atoms. The van der Waals surface area contributed by atoms with E-state index in [2.05, 4.69) is 20.6 Å². The summed E-state index contributed by atoms with van der Waals surface area (Å²) in [5, 5.41) is 15.9. The van der Waals surface area contributed by atoms with Crippen LogP contribution in [-0.4, -0.2) is 38.0 Å². The zero-order valence-corrected chi connectivity index (χ0v) is 10.5. The first-order valence-electron chi connectivity index (χ1n) is 5.66. The normalized spacial score (nSPS) is 17.3. The average Bonchev–Trinajstić information content (AvgIpc) is 3.10. The molecule has 0 unspecified atom stereocenters. The molecule has 2 aliphatic rings. The molecule has 0 bridgehead atoms. The van der Waals surface area contributed by atoms with Gasteiger partial charge in [0.05, 0.1) is 5.69 Å². The van der Waals surface area contributed by atoms with Gasteiger partial charge in [-0.25, -0.2) is 0 Å². The fraction of sp³-hybridized carbons (Fsp3) is 0.0909. The van der Waals surface area contributed by atoms with Crippen LogP contribution in [0, 0.1) is 0 Å². The number of rotatable bonds is 1. The monoisotopic (exact) mass is 272 g/mol. The van der Waals surface area contributed by atoms with Crippen LogP contribution in [0.4, 0.5) is 11.6 Å². The van der Waals surface area contributed by atoms with E-state index in [0.29, 0.717) is 17.4 Å². The third kappa shape index (κ3) is 1.37. The van der Waals surface area contributed by atoms with E-state index >= 15 is 0 Å². The Labute approximate surface area is 111 Å². The molecule has 19 heavy (non-hydrogen) atoms. The highest BCUT2D eigenvalue weighted by Gasteiger charge is 2.37. The summed E-state index contributed by atoms with van der Waals surface area (Å²) >= 11 is 1.42. The topological polar surface area (TPSA) is 78.0 Å². The molecule has 0 radical (unpaired) electrons. The standard InChI is InChI=1S/C11H8N6OS/c18-10-9-7(4-6-19-9)17(11-12-14-15-13-11)8-3-1-2-5-16(8)10/h1-4,6H,5H2,(H,12,13,14,15). The Morgan fingerprint density at radius 2 is 2.37 bits per heavy atom. The van der Waals surface area contributed by atoms with Crippen molar-refractivity contribution in [3.8, 4) is 0 Å². The average molecular weight is 272 g/mol. The maximum absolute atomic E-state index is 12.4. The SMILES string of the molecule is O=C1c2sccc2N(c2nn[nH]n2)C2=CC=CCN12. The van der Waals surface area contributed by atoms with Gasteiger partial charge in [0, 0.05) is 6.54 Å². The third-order valence-electron chi connectivity index (χ3n) is 3.03. The number of aromatic nitrogens is 4. The van der Waals surface area contributed by atoms with Gasteiger partial charge in [-0.1, -0.05) is 17.3 Å². The number of hydrogen-bond donors (Lipinski definition) is 1. The molecule has 1 amide bonds. The Bertz CT molecular complexity index is 701. The number of hydrogen-bond acceptors (Lipinski definition) is 6. The van der Waals surface area contributed by atoms with Gasteiger partial charge < -0.3 is 0 Å². The minimum atomic E-state index is 0.0142. The van der Waals surface area contributed by atoms with Gasteiger partial charge in [0.15, 0.2) is 0 Å². The predicted molar refractivity (Wildman–Crippen MR) is 68.9 cm³/mol. The van der Waals surface area contributed by atoms with E-state index < -0.39 is 0 Å². The van der Waals surface area contributed by atoms with E-state index in [-0.39, 0.29) is 5.91 Å². The van der Waals surface area contributed by atoms with E-state index in [0.717, 1.165) is 11.5 Å². The van der Waals surface area contributed by atoms with Gasteiger partial charge in [-0.2, -0.15) is 5.21 Å². The van der Waals surface area contributed by atoms with Crippen molar-refractivity contribution in [3.63, 3.8) is 0 Å². The van der Waals surface area contributed by atoms with Crippen molar-refractivity contribution in [1.29, 1.82) is 0 Å². The van der Waals surface area contributed by atoms with Crippen molar-refractivity contribution in [2.24, 2.45) is 0 Å². The Hall–Kier alpha value is -2.48. The van der Waals surface area contributed by atoms with Crippen LogP contribution in [-0.2, 0) is 0 Å². The molecule has 4 heterocycles. The fourth-order valence-electron chi connectivity index (χ4n) is 2.23. The minimum Gasteiger partial charge on any atom is -0.289 e. The second kappa shape index (κ2) is 3.75. The smallest absolute Gasteiger partial charge is 0.275 e. The van der Waals surface area contributed by atoms with Crippen molar-refractivity contribution in [2.75, 3.05) is 11.4 Å². The van der Waals surface area contributed by atoms with Gasteiger partial charge >= 0.3 is 0 Å². The summed E-state index contributed by atoms with van der Waals surface area (Å²) in [6.07, 6.45) is 5.73. The van der Waals surface area contributed by atoms with Crippen molar-refractivity contribution in [1.82, 2.24) is 25.5 Å². The summed E-state index contributed by atoms with van der Waals surface area (Å²) in [5.74, 6) is 1.19. The van der Waals surface area contributed by atoms with Crippen molar-refractivity contribution in [2.45, 2.75) is 0 Å². The van der Waals surface area contributed by atoms with Gasteiger partial charge in [-0.05, 0) is 22.7 Å². The molecule has 0 saturated heterocycles. The lowest BCUT2D eigenvalue weighted by Gasteiger charge is -2.37. The van der Waals surface area contributed by atoms with Crippen LogP contribution >= 0.6 is 11.3 Å². The number of H-pyrrole nitrogens is 1. The molecule has 1 N–H and O–H groups in total. The number of carbonyl (C=O) groups is 1. The van der Waals surface area contributed by atoms with Gasteiger partial charge in [-0.3, -0.25) is 14.6 Å². The number of tetrazole rings is 1. The molecule has 2 aromatic rings. The van der Waals surface area contributed by atoms with E-state index in [1.54, 1.807) is 4.90 Å². The van der Waals surface area contributed by atoms with E-state index in [1.165, 1.54) is 11.3 Å². The molecule has 0 aromatic carbocycles. The zero-order valence-electron chi connectivity index (χ0n) is 9.65. The number of thiophene rings is 1. The lowest BCUT2D eigenvalue weighted by atomic mass is 10.2. The first kappa shape index (κ1) is 10.4. The first-order valence-corrected chi connectivity index (χ1v) is 6.54. The molecule has 2 aliphatic heterocycles. The van der Waals surface area contributed by atoms with E-state index in [4.69, 9.17) is 0 Å². The molecule has 2 aromatic heterocycles. The molecular formula is C11H8N6OS. The molecule has 94 valence electrons. The second-order valence-corrected chi connectivity index (χ2v) is 4.97. The molecule has 0 aliphatic carbocycles. The summed E-state index contributed by atoms with van der Waals surface area (Å²) in [6, 6.07) is 1.89. The Kier molecular flexibility index (Phi) is 2.06. The quantitative estimate of drug-likeness (QED) is 0.845. The Balaban J connectivity index is 1.96. The number of aromatic amines is 1. The van der Waals surface area contributed by atoms with Crippen LogP contribution in [0.3, 0.4) is 0 Å². The molecule has 0 fully saturated rings. The van der Waals surface area contributed by atoms with Crippen molar-refractivity contribution in [3.05, 3.63) is 40.4 Å². The first-order chi connectivity index (χ1) is 9.36. The minimum absolute atomic E-state index is 0.0142. The largest absolute Gasteiger partial charge is 0.289 e. The predicted octanol–water partition coefficient (Wildman–Crippen LogP) is 1.27. The Morgan fingerprint density at radius 3 is 3.21 bits per heavy atom. The van der Waals surface area contributed by atoms with Gasteiger partial charge in [0.2, 0.25) is 0 Å². The highest BCUT2D eigenvalue weighted by molar-refractivity contribution is 7.12. The van der Waals surface area contributed by atoms with Crippen LogP contribution in [0.25, 0.3) is 0 Å². The fourth-order valence-corrected chi connectivity index (χ4v) is 3.06. The van der Waals surface area contributed by atoms with Crippen molar-refractivity contribution >= 4 is 28.9 Å². The third-order valence-corrected chi connectivity index (χ3v) is 3.93. The van der Waals surface area contributed by atoms with Crippen LogP contribution in [0.15, 0.2) is 35.5 Å². The van der Waals surface area contributed by atoms with E-state index in [9.17, 15) is 4.79 Å². The maximum atomic E-state index is 12.4. The number of fused-ring (bicyclic) bond motifs is 2. The summed E-state index contributed by atoms with van der Waals surface area (Å²) in [6.45, 7) is 0.552. The Morgan fingerprint density at radius 1 is 1.42 bits per heavy atom. The van der Waals surface area contributed by atoms with E-state index in [1.807, 2.05) is 34.6 Å². The summed E-state index contributed by atoms with van der Waals surface area (Å²) in [7, 11) is 0. The lowest BCUT2D eigenvalue weighted by molar-refractivity contribution is 0.0813. The highest BCUT2D eigenvalue weighted by Crippen LogP contribution is 2.40. The number of allylic oxidation sites excluding steroid dienone is 2. The maximum Gasteiger partial charge on any atom is 0.275 e. The second-order valence-electron chi connectivity index (χ2n) is 4.05. The van der Waals surface area contributed by atoms with Crippen molar-refractivity contribution < 1.29 is 4.79 Å². The van der Waals surface area contributed by atoms with Gasteiger partial charge in [0.1, 0.15) is 10.7 Å². The number of amides is 1. The number of carbonyl (C=O) groups excluding carboxylic acids is 1. The number of nitrogens with zero attached hydrogens (tertiary/aromatic N) is 5. The molecule has 4 rings (SSSR count). The number of nitrogens with one attached hydrogen (secondary N) is 1. The van der Waals surface area contributed by atoms with Crippen LogP contribution in [0.1, 0.15) is 9.67 Å². The summed E-state index contributed by atoms with van der Waals surface area (Å²) in [4.78, 5) is 16.6. The summed E-state index contributed by atoms with van der Waals surface area (Å²) in [5.41, 5.74) is 0.800. The highest BCUT2D eigenvalue weighted by atomic mass is 32.1. The van der Waals surface area contributed by atoms with Crippen LogP contribution < -0.4 is 4.90 Å².